The van der Waals surface area contributed by atoms with Gasteiger partial charge in [-0.25, -0.2) is 4.79 Å². The maximum absolute atomic E-state index is 13.4. The Morgan fingerprint density at radius 1 is 0.878 bits per heavy atom. The monoisotopic (exact) mass is 739 g/mol. The van der Waals surface area contributed by atoms with Crippen molar-refractivity contribution in [3.8, 4) is 0 Å². The molecule has 1 spiro atoms. The zero-order valence-corrected chi connectivity index (χ0v) is 30.0. The molecule has 2 heterocycles. The predicted octanol–water partition coefficient (Wildman–Crippen LogP) is 10.0. The summed E-state index contributed by atoms with van der Waals surface area (Å²) in [6.07, 6.45) is 1.81. The number of hydrogen-bond acceptors (Lipinski definition) is 6. The highest BCUT2D eigenvalue weighted by molar-refractivity contribution is 6.42. The fraction of sp³-hybridized carbons (Fsp3) is 0.316. The zero-order valence-electron chi connectivity index (χ0n) is 27.0. The van der Waals surface area contributed by atoms with Gasteiger partial charge in [0, 0.05) is 54.5 Å². The normalized spacial score (nSPS) is 17.2. The van der Waals surface area contributed by atoms with Gasteiger partial charge in [-0.1, -0.05) is 106 Å². The van der Waals surface area contributed by atoms with Crippen LogP contribution in [0.2, 0.25) is 20.1 Å². The van der Waals surface area contributed by atoms with E-state index >= 15 is 0 Å². The fourth-order valence-electron chi connectivity index (χ4n) is 7.20. The second-order valence-electron chi connectivity index (χ2n) is 12.7. The molecule has 4 aromatic rings. The Hall–Kier alpha value is -3.30. The molecule has 11 heteroatoms. The molecule has 0 aromatic heterocycles. The molecular weight excluding hydrogens is 704 g/mol. The number of likely N-dealkylation sites (tertiary alicyclic amines) is 1. The largest absolute Gasteiger partial charge is 0.444 e. The Morgan fingerprint density at radius 3 is 2.24 bits per heavy atom. The minimum Gasteiger partial charge on any atom is -0.444 e. The molecule has 1 saturated heterocycles. The van der Waals surface area contributed by atoms with Crippen molar-refractivity contribution in [2.75, 3.05) is 31.6 Å². The highest BCUT2D eigenvalue weighted by Crippen LogP contribution is 2.48. The molecule has 0 radical (unpaired) electrons. The van der Waals surface area contributed by atoms with Crippen LogP contribution >= 0.6 is 46.4 Å². The molecule has 1 fully saturated rings. The number of fused-ring (bicyclic) bond motifs is 2. The van der Waals surface area contributed by atoms with Gasteiger partial charge in [-0.2, -0.15) is 0 Å². The number of halogens is 4. The van der Waals surface area contributed by atoms with Crippen molar-refractivity contribution in [3.63, 3.8) is 0 Å². The number of benzene rings is 4. The third kappa shape index (κ3) is 8.04. The van der Waals surface area contributed by atoms with E-state index in [1.165, 1.54) is 5.56 Å². The Bertz CT molecular complexity index is 1790. The molecule has 7 nitrogen and oxygen atoms in total. The van der Waals surface area contributed by atoms with Gasteiger partial charge in [-0.3, -0.25) is 9.80 Å². The average molecular weight is 742 g/mol. The Balaban J connectivity index is 1.19. The second-order valence-corrected chi connectivity index (χ2v) is 14.3. The lowest BCUT2D eigenvalue weighted by molar-refractivity contribution is -0.0558. The van der Waals surface area contributed by atoms with E-state index < -0.39 is 0 Å². The van der Waals surface area contributed by atoms with Gasteiger partial charge in [0.25, 0.3) is 0 Å². The third-order valence-corrected chi connectivity index (χ3v) is 10.9. The van der Waals surface area contributed by atoms with Crippen molar-refractivity contribution >= 4 is 63.9 Å². The molecule has 2 aliphatic rings. The lowest BCUT2D eigenvalue weighted by Gasteiger charge is -2.43. The van der Waals surface area contributed by atoms with E-state index in [9.17, 15) is 10.0 Å². The van der Waals surface area contributed by atoms with Crippen LogP contribution in [-0.4, -0.2) is 54.9 Å². The molecule has 1 amide bonds. The number of rotatable bonds is 10. The number of para-hydroxylation sites is 1. The first-order valence-corrected chi connectivity index (χ1v) is 17.7. The molecule has 49 heavy (non-hydrogen) atoms. The van der Waals surface area contributed by atoms with Crippen molar-refractivity contribution < 1.29 is 19.5 Å². The number of carbonyl (C=O) groups is 1. The number of oxime groups is 1. The quantitative estimate of drug-likeness (QED) is 0.0996. The van der Waals surface area contributed by atoms with Crippen LogP contribution < -0.4 is 4.90 Å². The summed E-state index contributed by atoms with van der Waals surface area (Å²) in [6.45, 7) is 2.26. The van der Waals surface area contributed by atoms with E-state index in [1.54, 1.807) is 24.1 Å². The SMILES string of the molecule is COC(CC(C(Cc1cc(Cl)cc(Cl)c1)=NO)c1ccc(Cl)c(Cl)c1)N1CCC2(CC1)CN(C(=O)OCc1ccccc1)c1ccccc12. The lowest BCUT2D eigenvalue weighted by atomic mass is 9.74. The molecule has 2 aliphatic heterocycles. The average Bonchev–Trinajstić information content (AvgIpc) is 3.42. The molecule has 6 rings (SSSR count). The lowest BCUT2D eigenvalue weighted by Crippen LogP contribution is -2.50. The number of amides is 1. The van der Waals surface area contributed by atoms with Gasteiger partial charge < -0.3 is 14.7 Å². The van der Waals surface area contributed by atoms with E-state index in [4.69, 9.17) is 55.9 Å². The van der Waals surface area contributed by atoms with Gasteiger partial charge in [-0.15, -0.1) is 0 Å². The van der Waals surface area contributed by atoms with Crippen LogP contribution in [0.4, 0.5) is 10.5 Å². The van der Waals surface area contributed by atoms with Gasteiger partial charge >= 0.3 is 6.09 Å². The first-order chi connectivity index (χ1) is 23.7. The summed E-state index contributed by atoms with van der Waals surface area (Å²) in [4.78, 5) is 17.5. The third-order valence-electron chi connectivity index (χ3n) is 9.71. The van der Waals surface area contributed by atoms with Crippen LogP contribution in [-0.2, 0) is 27.9 Å². The van der Waals surface area contributed by atoms with Gasteiger partial charge in [-0.05, 0) is 77.9 Å². The number of anilines is 1. The van der Waals surface area contributed by atoms with Crippen molar-refractivity contribution in [2.45, 2.75) is 49.9 Å². The zero-order chi connectivity index (χ0) is 34.5. The summed E-state index contributed by atoms with van der Waals surface area (Å²) >= 11 is 25.3. The topological polar surface area (TPSA) is 74.6 Å². The van der Waals surface area contributed by atoms with E-state index in [2.05, 4.69) is 16.1 Å². The fourth-order valence-corrected chi connectivity index (χ4v) is 8.08. The number of methoxy groups -OCH3 is 1. The standard InChI is InChI=1S/C38H37Cl4N3O4/c1-48-36(22-30(27-11-12-32(41)33(42)20-27)34(43-47)19-26-17-28(39)21-29(40)18-26)44-15-13-38(14-16-44)24-45(35-10-6-5-9-31(35)38)37(46)49-23-25-7-3-2-4-8-25/h2-12,17-18,20-21,30,36,47H,13-16,19,22-24H2,1H3. The van der Waals surface area contributed by atoms with E-state index in [0.29, 0.717) is 45.2 Å². The smallest absolute Gasteiger partial charge is 0.414 e. The van der Waals surface area contributed by atoms with Gasteiger partial charge in [0.05, 0.1) is 21.4 Å². The predicted molar refractivity (Wildman–Crippen MR) is 197 cm³/mol. The number of ether oxygens (including phenoxy) is 2. The van der Waals surface area contributed by atoms with Gasteiger partial charge in [0.2, 0.25) is 0 Å². The number of nitrogens with zero attached hydrogens (tertiary/aromatic N) is 3. The van der Waals surface area contributed by atoms with Crippen molar-refractivity contribution in [3.05, 3.63) is 133 Å². The van der Waals surface area contributed by atoms with Crippen LogP contribution in [0.25, 0.3) is 0 Å². The molecule has 0 aliphatic carbocycles. The minimum atomic E-state index is -0.361. The summed E-state index contributed by atoms with van der Waals surface area (Å²) in [5.74, 6) is -0.361. The van der Waals surface area contributed by atoms with Gasteiger partial charge in [0.15, 0.2) is 0 Å². The van der Waals surface area contributed by atoms with Crippen LogP contribution in [0.3, 0.4) is 0 Å². The van der Waals surface area contributed by atoms with Crippen molar-refractivity contribution in [1.82, 2.24) is 4.90 Å². The van der Waals surface area contributed by atoms with Crippen LogP contribution in [0.1, 0.15) is 47.4 Å². The number of hydrogen-bond donors (Lipinski definition) is 1. The Morgan fingerprint density at radius 2 is 1.57 bits per heavy atom. The summed E-state index contributed by atoms with van der Waals surface area (Å²) in [7, 11) is 1.70. The Kier molecular flexibility index (Phi) is 11.4. The Labute approximate surface area is 306 Å². The van der Waals surface area contributed by atoms with Crippen LogP contribution in [0.15, 0.2) is 96.2 Å². The summed E-state index contributed by atoms with van der Waals surface area (Å²) in [5.41, 5.74) is 4.99. The maximum atomic E-state index is 13.4. The maximum Gasteiger partial charge on any atom is 0.414 e. The molecule has 0 saturated carbocycles. The molecule has 4 aromatic carbocycles. The molecule has 2 atom stereocenters. The first-order valence-electron chi connectivity index (χ1n) is 16.1. The molecular formula is C38H37Cl4N3O4. The summed E-state index contributed by atoms with van der Waals surface area (Å²) in [5, 5.41) is 16.0. The molecule has 1 N–H and O–H groups in total. The molecule has 256 valence electrons. The molecule has 0 bridgehead atoms. The number of carbonyl (C=O) groups excluding carboxylic acids is 1. The van der Waals surface area contributed by atoms with Crippen molar-refractivity contribution in [1.29, 1.82) is 0 Å². The summed E-state index contributed by atoms with van der Waals surface area (Å²) in [6, 6.07) is 28.6. The van der Waals surface area contributed by atoms with Gasteiger partial charge in [0.1, 0.15) is 12.8 Å². The minimum absolute atomic E-state index is 0.205. The number of piperidine rings is 1. The second kappa shape index (κ2) is 15.7. The highest BCUT2D eigenvalue weighted by Gasteiger charge is 2.47. The van der Waals surface area contributed by atoms with Crippen LogP contribution in [0.5, 0.6) is 0 Å². The molecule has 2 unspecified atom stereocenters. The highest BCUT2D eigenvalue weighted by atomic mass is 35.5. The van der Waals surface area contributed by atoms with E-state index in [0.717, 1.165) is 48.3 Å². The summed E-state index contributed by atoms with van der Waals surface area (Å²) < 4.78 is 11.9. The first kappa shape index (κ1) is 35.5. The van der Waals surface area contributed by atoms with Crippen LogP contribution in [0, 0.1) is 0 Å². The van der Waals surface area contributed by atoms with E-state index in [1.807, 2.05) is 72.8 Å². The van der Waals surface area contributed by atoms with E-state index in [-0.39, 0.29) is 30.3 Å². The van der Waals surface area contributed by atoms with Crippen molar-refractivity contribution in [2.24, 2.45) is 5.16 Å².